The number of hydrogen-bond acceptors (Lipinski definition) is 3. The highest BCUT2D eigenvalue weighted by molar-refractivity contribution is 5.47. The largest absolute Gasteiger partial charge is 0.405 e. The van der Waals surface area contributed by atoms with Crippen molar-refractivity contribution in [2.75, 3.05) is 24.5 Å². The number of nitrogens with zero attached hydrogens (tertiary/aromatic N) is 2. The molecule has 1 aromatic rings. The fraction of sp³-hybridized carbons (Fsp3) is 0.583. The van der Waals surface area contributed by atoms with Crippen LogP contribution in [0.15, 0.2) is 12.3 Å². The van der Waals surface area contributed by atoms with Gasteiger partial charge in [0.05, 0.1) is 0 Å². The van der Waals surface area contributed by atoms with Gasteiger partial charge in [-0.3, -0.25) is 0 Å². The van der Waals surface area contributed by atoms with Crippen LogP contribution in [0.2, 0.25) is 0 Å². The van der Waals surface area contributed by atoms with Crippen LogP contribution in [0.3, 0.4) is 0 Å². The van der Waals surface area contributed by atoms with E-state index in [0.717, 1.165) is 11.1 Å². The van der Waals surface area contributed by atoms with E-state index in [1.807, 2.05) is 6.07 Å². The molecule has 0 unspecified atom stereocenters. The molecule has 0 aliphatic rings. The van der Waals surface area contributed by atoms with E-state index in [0.29, 0.717) is 18.8 Å². The number of alkyl halides is 3. The molecule has 18 heavy (non-hydrogen) atoms. The topological polar surface area (TPSA) is 42.2 Å². The van der Waals surface area contributed by atoms with Crippen molar-refractivity contribution in [1.29, 1.82) is 0 Å². The lowest BCUT2D eigenvalue weighted by Crippen LogP contribution is -2.35. The van der Waals surface area contributed by atoms with Crippen molar-refractivity contribution in [1.82, 2.24) is 4.98 Å². The maximum Gasteiger partial charge on any atom is 0.405 e. The van der Waals surface area contributed by atoms with Gasteiger partial charge in [-0.2, -0.15) is 13.2 Å². The zero-order valence-electron chi connectivity index (χ0n) is 10.6. The highest BCUT2D eigenvalue weighted by Crippen LogP contribution is 2.23. The molecule has 0 bridgehead atoms. The van der Waals surface area contributed by atoms with Gasteiger partial charge < -0.3 is 10.6 Å². The van der Waals surface area contributed by atoms with Crippen molar-refractivity contribution in [2.24, 2.45) is 5.73 Å². The number of halogens is 3. The third-order valence-corrected chi connectivity index (χ3v) is 2.59. The first kappa shape index (κ1) is 14.8. The van der Waals surface area contributed by atoms with E-state index in [-0.39, 0.29) is 6.54 Å². The molecular formula is C12H18F3N3. The number of rotatable bonds is 5. The summed E-state index contributed by atoms with van der Waals surface area (Å²) in [7, 11) is 0. The fourth-order valence-corrected chi connectivity index (χ4v) is 1.81. The van der Waals surface area contributed by atoms with Crippen LogP contribution in [0.5, 0.6) is 0 Å². The summed E-state index contributed by atoms with van der Waals surface area (Å²) in [4.78, 5) is 5.35. The minimum absolute atomic E-state index is 0.267. The third-order valence-electron chi connectivity index (χ3n) is 2.59. The van der Waals surface area contributed by atoms with E-state index >= 15 is 0 Å². The predicted octanol–water partition coefficient (Wildman–Crippen LogP) is 2.28. The van der Waals surface area contributed by atoms with E-state index in [4.69, 9.17) is 5.73 Å². The van der Waals surface area contributed by atoms with Gasteiger partial charge in [0.1, 0.15) is 12.4 Å². The normalized spacial score (nSPS) is 11.7. The standard InChI is InChI=1S/C12H18F3N3/c1-3-18(8-12(13,14)15)11-9(2)6-10(4-5-16)7-17-11/h6-7H,3-5,8,16H2,1-2H3. The maximum absolute atomic E-state index is 12.4. The van der Waals surface area contributed by atoms with Gasteiger partial charge in [-0.05, 0) is 37.9 Å². The van der Waals surface area contributed by atoms with Gasteiger partial charge in [0.2, 0.25) is 0 Å². The molecule has 0 radical (unpaired) electrons. The number of aromatic nitrogens is 1. The molecule has 0 spiro atoms. The molecule has 1 rings (SSSR count). The minimum Gasteiger partial charge on any atom is -0.348 e. The highest BCUT2D eigenvalue weighted by Gasteiger charge is 2.31. The van der Waals surface area contributed by atoms with Crippen molar-refractivity contribution < 1.29 is 13.2 Å². The number of pyridine rings is 1. The Kier molecular flexibility index (Phi) is 4.95. The zero-order valence-corrected chi connectivity index (χ0v) is 10.6. The van der Waals surface area contributed by atoms with Crippen LogP contribution < -0.4 is 10.6 Å². The molecule has 0 atom stereocenters. The molecule has 2 N–H and O–H groups in total. The summed E-state index contributed by atoms with van der Waals surface area (Å²) in [6, 6.07) is 1.84. The van der Waals surface area contributed by atoms with Crippen LogP contribution >= 0.6 is 0 Å². The van der Waals surface area contributed by atoms with Gasteiger partial charge in [-0.1, -0.05) is 6.07 Å². The van der Waals surface area contributed by atoms with Gasteiger partial charge in [0.15, 0.2) is 0 Å². The number of aryl methyl sites for hydroxylation is 1. The average Bonchev–Trinajstić information content (AvgIpc) is 2.26. The number of anilines is 1. The minimum atomic E-state index is -4.22. The van der Waals surface area contributed by atoms with Crippen LogP contribution in [0, 0.1) is 6.92 Å². The number of hydrogen-bond donors (Lipinski definition) is 1. The Morgan fingerprint density at radius 3 is 2.50 bits per heavy atom. The van der Waals surface area contributed by atoms with Gasteiger partial charge in [0, 0.05) is 12.7 Å². The Balaban J connectivity index is 2.93. The summed E-state index contributed by atoms with van der Waals surface area (Å²) >= 11 is 0. The van der Waals surface area contributed by atoms with Gasteiger partial charge in [0.25, 0.3) is 0 Å². The van der Waals surface area contributed by atoms with E-state index < -0.39 is 12.7 Å². The van der Waals surface area contributed by atoms with Crippen molar-refractivity contribution >= 4 is 5.82 Å². The molecule has 6 heteroatoms. The molecule has 102 valence electrons. The Bertz CT molecular complexity index is 391. The second kappa shape index (κ2) is 6.04. The van der Waals surface area contributed by atoms with Crippen LogP contribution in [-0.2, 0) is 6.42 Å². The summed E-state index contributed by atoms with van der Waals surface area (Å²) in [6.07, 6.45) is -1.95. The molecule has 0 aliphatic carbocycles. The van der Waals surface area contributed by atoms with E-state index in [1.54, 1.807) is 20.0 Å². The SMILES string of the molecule is CCN(CC(F)(F)F)c1ncc(CCN)cc1C. The first-order valence-electron chi connectivity index (χ1n) is 5.84. The monoisotopic (exact) mass is 261 g/mol. The smallest absolute Gasteiger partial charge is 0.348 e. The average molecular weight is 261 g/mol. The molecule has 3 nitrogen and oxygen atoms in total. The molecule has 0 aromatic carbocycles. The molecule has 0 aliphatic heterocycles. The van der Waals surface area contributed by atoms with E-state index in [2.05, 4.69) is 4.98 Å². The molecule has 0 saturated carbocycles. The fourth-order valence-electron chi connectivity index (χ4n) is 1.81. The first-order chi connectivity index (χ1) is 8.37. The van der Waals surface area contributed by atoms with Crippen molar-refractivity contribution in [3.05, 3.63) is 23.4 Å². The van der Waals surface area contributed by atoms with Gasteiger partial charge >= 0.3 is 6.18 Å². The maximum atomic E-state index is 12.4. The third kappa shape index (κ3) is 4.18. The van der Waals surface area contributed by atoms with Crippen LogP contribution in [0.1, 0.15) is 18.1 Å². The number of nitrogens with two attached hydrogens (primary N) is 1. The molecular weight excluding hydrogens is 243 g/mol. The lowest BCUT2D eigenvalue weighted by molar-refractivity contribution is -0.119. The Morgan fingerprint density at radius 1 is 1.39 bits per heavy atom. The zero-order chi connectivity index (χ0) is 13.8. The summed E-state index contributed by atoms with van der Waals surface area (Å²) < 4.78 is 37.3. The summed E-state index contributed by atoms with van der Waals surface area (Å²) in [6.45, 7) is 3.24. The molecule has 0 saturated heterocycles. The predicted molar refractivity (Wildman–Crippen MR) is 65.7 cm³/mol. The van der Waals surface area contributed by atoms with Gasteiger partial charge in [-0.15, -0.1) is 0 Å². The Labute approximate surface area is 105 Å². The van der Waals surface area contributed by atoms with Crippen LogP contribution in [0.25, 0.3) is 0 Å². The lowest BCUT2D eigenvalue weighted by Gasteiger charge is -2.25. The molecule has 1 heterocycles. The summed E-state index contributed by atoms with van der Waals surface area (Å²) in [5, 5.41) is 0. The van der Waals surface area contributed by atoms with Gasteiger partial charge in [-0.25, -0.2) is 4.98 Å². The highest BCUT2D eigenvalue weighted by atomic mass is 19.4. The van der Waals surface area contributed by atoms with Crippen molar-refractivity contribution in [3.8, 4) is 0 Å². The second-order valence-corrected chi connectivity index (χ2v) is 4.15. The molecule has 0 amide bonds. The first-order valence-corrected chi connectivity index (χ1v) is 5.84. The Hall–Kier alpha value is -1.30. The van der Waals surface area contributed by atoms with Crippen molar-refractivity contribution in [3.63, 3.8) is 0 Å². The summed E-state index contributed by atoms with van der Waals surface area (Å²) in [5.74, 6) is 0.385. The van der Waals surface area contributed by atoms with Crippen LogP contribution in [-0.4, -0.2) is 30.8 Å². The summed E-state index contributed by atoms with van der Waals surface area (Å²) in [5.41, 5.74) is 7.12. The molecule has 1 aromatic heterocycles. The molecule has 0 fully saturated rings. The van der Waals surface area contributed by atoms with E-state index in [9.17, 15) is 13.2 Å². The van der Waals surface area contributed by atoms with Crippen molar-refractivity contribution in [2.45, 2.75) is 26.4 Å². The van der Waals surface area contributed by atoms with E-state index in [1.165, 1.54) is 4.90 Å². The Morgan fingerprint density at radius 2 is 2.06 bits per heavy atom. The lowest BCUT2D eigenvalue weighted by atomic mass is 10.1. The van der Waals surface area contributed by atoms with Crippen LogP contribution in [0.4, 0.5) is 19.0 Å². The quantitative estimate of drug-likeness (QED) is 0.884. The second-order valence-electron chi connectivity index (χ2n) is 4.15.